The predicted molar refractivity (Wildman–Crippen MR) is 118 cm³/mol. The Bertz CT molecular complexity index is 1250. The normalized spacial score (nSPS) is 11.8. The molecule has 0 aromatic heterocycles. The van der Waals surface area contributed by atoms with E-state index in [0.717, 1.165) is 37.0 Å². The lowest BCUT2D eigenvalue weighted by Crippen LogP contribution is -2.07. The molecule has 4 rings (SSSR count). The number of fused-ring (bicyclic) bond motifs is 1. The summed E-state index contributed by atoms with van der Waals surface area (Å²) in [5, 5.41) is 1.04. The zero-order valence-electron chi connectivity index (χ0n) is 17.4. The highest BCUT2D eigenvalue weighted by Gasteiger charge is 2.34. The monoisotopic (exact) mass is 440 g/mol. The minimum Gasteiger partial charge on any atom is -0.206 e. The molecule has 0 aliphatic carbocycles. The maximum absolute atomic E-state index is 15.1. The molecule has 0 heterocycles. The van der Waals surface area contributed by atoms with Crippen molar-refractivity contribution in [3.05, 3.63) is 107 Å². The van der Waals surface area contributed by atoms with Gasteiger partial charge in [-0.3, -0.25) is 0 Å². The molecular formula is C27H21F5. The van der Waals surface area contributed by atoms with E-state index in [2.05, 4.69) is 31.2 Å². The van der Waals surface area contributed by atoms with Gasteiger partial charge in [0.25, 0.3) is 0 Å². The number of halogens is 5. The molecule has 5 heteroatoms. The third kappa shape index (κ3) is 4.52. The third-order valence-electron chi connectivity index (χ3n) is 5.74. The first-order chi connectivity index (χ1) is 15.3. The Morgan fingerprint density at radius 1 is 0.688 bits per heavy atom. The molecule has 0 aliphatic rings. The van der Waals surface area contributed by atoms with E-state index >= 15 is 4.39 Å². The second kappa shape index (κ2) is 8.73. The number of hydrogen-bond acceptors (Lipinski definition) is 0. The maximum Gasteiger partial charge on any atom is 0.419 e. The molecule has 0 N–H and O–H groups in total. The van der Waals surface area contributed by atoms with Crippen molar-refractivity contribution in [2.75, 3.05) is 0 Å². The summed E-state index contributed by atoms with van der Waals surface area (Å²) in [6.45, 7) is 2.11. The molecule has 0 bridgehead atoms. The van der Waals surface area contributed by atoms with Gasteiger partial charge < -0.3 is 0 Å². The molecule has 0 radical (unpaired) electrons. The Morgan fingerprint density at radius 2 is 1.34 bits per heavy atom. The summed E-state index contributed by atoms with van der Waals surface area (Å²) in [7, 11) is 0. The fraction of sp³-hybridized carbons (Fsp3) is 0.185. The summed E-state index contributed by atoms with van der Waals surface area (Å²) in [6.07, 6.45) is -2.13. The van der Waals surface area contributed by atoms with Crippen LogP contribution in [0.5, 0.6) is 0 Å². The SMILES string of the molecule is CCc1ccc(CCc2ccc3c(F)c(-c4ccc(C(F)(F)F)c(F)c4)ccc3c2)cc1. The molecular weight excluding hydrogens is 419 g/mol. The summed E-state index contributed by atoms with van der Waals surface area (Å²) in [6, 6.07) is 19.6. The molecule has 0 unspecified atom stereocenters. The van der Waals surface area contributed by atoms with Gasteiger partial charge in [0.2, 0.25) is 0 Å². The molecule has 0 spiro atoms. The number of hydrogen-bond donors (Lipinski definition) is 0. The van der Waals surface area contributed by atoms with Crippen LogP contribution in [-0.2, 0) is 25.4 Å². The van der Waals surface area contributed by atoms with Crippen molar-refractivity contribution in [2.45, 2.75) is 32.4 Å². The zero-order valence-corrected chi connectivity index (χ0v) is 17.4. The fourth-order valence-corrected chi connectivity index (χ4v) is 3.86. The molecule has 32 heavy (non-hydrogen) atoms. The van der Waals surface area contributed by atoms with Crippen molar-refractivity contribution in [3.63, 3.8) is 0 Å². The fourth-order valence-electron chi connectivity index (χ4n) is 3.86. The number of benzene rings is 4. The van der Waals surface area contributed by atoms with Crippen LogP contribution in [-0.4, -0.2) is 0 Å². The van der Waals surface area contributed by atoms with Gasteiger partial charge in [-0.15, -0.1) is 0 Å². The first-order valence-corrected chi connectivity index (χ1v) is 10.4. The van der Waals surface area contributed by atoms with Crippen molar-refractivity contribution in [3.8, 4) is 11.1 Å². The maximum atomic E-state index is 15.1. The van der Waals surface area contributed by atoms with E-state index < -0.39 is 23.4 Å². The Labute approximate surface area is 183 Å². The average molecular weight is 440 g/mol. The quantitative estimate of drug-likeness (QED) is 0.275. The Kier molecular flexibility index (Phi) is 6.00. The van der Waals surface area contributed by atoms with Crippen LogP contribution in [0, 0.1) is 11.6 Å². The van der Waals surface area contributed by atoms with Crippen LogP contribution < -0.4 is 0 Å². The summed E-state index contributed by atoms with van der Waals surface area (Å²) >= 11 is 0. The highest BCUT2D eigenvalue weighted by Crippen LogP contribution is 2.35. The Hall–Kier alpha value is -3.21. The minimum absolute atomic E-state index is 0.0638. The van der Waals surface area contributed by atoms with Gasteiger partial charge in [-0.2, -0.15) is 13.2 Å². The van der Waals surface area contributed by atoms with Crippen molar-refractivity contribution in [1.29, 1.82) is 0 Å². The Morgan fingerprint density at radius 3 is 2.00 bits per heavy atom. The molecule has 0 nitrogen and oxygen atoms in total. The van der Waals surface area contributed by atoms with Crippen molar-refractivity contribution >= 4 is 10.8 Å². The first kappa shape index (κ1) is 22.0. The van der Waals surface area contributed by atoms with E-state index in [1.165, 1.54) is 17.2 Å². The average Bonchev–Trinajstić information content (AvgIpc) is 2.77. The predicted octanol–water partition coefficient (Wildman–Crippen LogP) is 8.15. The van der Waals surface area contributed by atoms with Gasteiger partial charge >= 0.3 is 6.18 Å². The summed E-state index contributed by atoms with van der Waals surface area (Å²) < 4.78 is 67.5. The highest BCUT2D eigenvalue weighted by molar-refractivity contribution is 5.88. The van der Waals surface area contributed by atoms with Gasteiger partial charge in [0.15, 0.2) is 0 Å². The summed E-state index contributed by atoms with van der Waals surface area (Å²) in [4.78, 5) is 0. The number of aryl methyl sites for hydroxylation is 3. The van der Waals surface area contributed by atoms with Crippen LogP contribution >= 0.6 is 0 Å². The van der Waals surface area contributed by atoms with E-state index in [9.17, 15) is 17.6 Å². The molecule has 4 aromatic carbocycles. The molecule has 0 saturated heterocycles. The highest BCUT2D eigenvalue weighted by atomic mass is 19.4. The van der Waals surface area contributed by atoms with Crippen LogP contribution in [0.25, 0.3) is 21.9 Å². The van der Waals surface area contributed by atoms with Crippen LogP contribution in [0.1, 0.15) is 29.2 Å². The van der Waals surface area contributed by atoms with E-state index in [4.69, 9.17) is 0 Å². The molecule has 0 saturated carbocycles. The van der Waals surface area contributed by atoms with Gasteiger partial charge in [-0.25, -0.2) is 8.78 Å². The minimum atomic E-state index is -4.79. The van der Waals surface area contributed by atoms with Gasteiger partial charge in [-0.05, 0) is 59.0 Å². The second-order valence-corrected chi connectivity index (χ2v) is 7.85. The van der Waals surface area contributed by atoms with Crippen LogP contribution in [0.2, 0.25) is 0 Å². The van der Waals surface area contributed by atoms with E-state index in [1.807, 2.05) is 12.1 Å². The summed E-state index contributed by atoms with van der Waals surface area (Å²) in [5.41, 5.74) is 2.34. The second-order valence-electron chi connectivity index (χ2n) is 7.85. The molecule has 0 fully saturated rings. The van der Waals surface area contributed by atoms with Crippen molar-refractivity contribution in [1.82, 2.24) is 0 Å². The molecule has 0 atom stereocenters. The van der Waals surface area contributed by atoms with Gasteiger partial charge in [0, 0.05) is 10.9 Å². The van der Waals surface area contributed by atoms with Crippen molar-refractivity contribution < 1.29 is 22.0 Å². The van der Waals surface area contributed by atoms with Crippen LogP contribution in [0.3, 0.4) is 0 Å². The number of alkyl halides is 3. The van der Waals surface area contributed by atoms with Crippen molar-refractivity contribution in [2.24, 2.45) is 0 Å². The molecule has 0 amide bonds. The van der Waals surface area contributed by atoms with E-state index in [0.29, 0.717) is 16.8 Å². The lowest BCUT2D eigenvalue weighted by molar-refractivity contribution is -0.139. The standard InChI is InChI=1S/C27H21F5/c1-2-17-3-5-18(6-4-17)7-8-19-9-12-22-20(15-19)10-13-23(26(22)29)21-11-14-24(25(28)16-21)27(30,31)32/h3-6,9-16H,2,7-8H2,1H3. The zero-order chi connectivity index (χ0) is 22.9. The topological polar surface area (TPSA) is 0 Å². The molecule has 0 aliphatic heterocycles. The van der Waals surface area contributed by atoms with E-state index in [1.54, 1.807) is 12.1 Å². The van der Waals surface area contributed by atoms with Gasteiger partial charge in [-0.1, -0.05) is 67.6 Å². The molecule has 164 valence electrons. The van der Waals surface area contributed by atoms with Gasteiger partial charge in [0.05, 0.1) is 5.56 Å². The first-order valence-electron chi connectivity index (χ1n) is 10.4. The largest absolute Gasteiger partial charge is 0.419 e. The van der Waals surface area contributed by atoms with Crippen LogP contribution in [0.4, 0.5) is 22.0 Å². The third-order valence-corrected chi connectivity index (χ3v) is 5.74. The van der Waals surface area contributed by atoms with Crippen LogP contribution in [0.15, 0.2) is 72.8 Å². The molecule has 4 aromatic rings. The lowest BCUT2D eigenvalue weighted by atomic mass is 9.96. The lowest BCUT2D eigenvalue weighted by Gasteiger charge is -2.12. The smallest absolute Gasteiger partial charge is 0.206 e. The summed E-state index contributed by atoms with van der Waals surface area (Å²) in [5.74, 6) is -2.00. The number of rotatable bonds is 5. The Balaban J connectivity index is 1.59. The van der Waals surface area contributed by atoms with Gasteiger partial charge in [0.1, 0.15) is 11.6 Å². The van der Waals surface area contributed by atoms with E-state index in [-0.39, 0.29) is 11.1 Å².